The quantitative estimate of drug-likeness (QED) is 0.396. The molecule has 1 N–H and O–H groups in total. The van der Waals surface area contributed by atoms with Crippen molar-refractivity contribution in [2.45, 2.75) is 13.8 Å². The first kappa shape index (κ1) is 19.2. The van der Waals surface area contributed by atoms with E-state index in [-0.39, 0.29) is 0 Å². The van der Waals surface area contributed by atoms with E-state index < -0.39 is 5.97 Å². The number of esters is 1. The van der Waals surface area contributed by atoms with E-state index in [1.54, 1.807) is 12.1 Å². The van der Waals surface area contributed by atoms with Crippen molar-refractivity contribution in [2.24, 2.45) is 0 Å². The van der Waals surface area contributed by atoms with Crippen LogP contribution in [-0.2, 0) is 4.74 Å². The van der Waals surface area contributed by atoms with Crippen LogP contribution >= 0.6 is 0 Å². The van der Waals surface area contributed by atoms with Crippen molar-refractivity contribution < 1.29 is 9.53 Å². The molecule has 6 heteroatoms. The first-order valence-electron chi connectivity index (χ1n) is 9.47. The van der Waals surface area contributed by atoms with Crippen molar-refractivity contribution in [3.63, 3.8) is 0 Å². The third kappa shape index (κ3) is 3.27. The molecule has 4 aromatic rings. The highest BCUT2D eigenvalue weighted by atomic mass is 16.5. The molecule has 0 radical (unpaired) electrons. The van der Waals surface area contributed by atoms with Gasteiger partial charge in [0.25, 0.3) is 0 Å². The molecule has 6 nitrogen and oxygen atoms in total. The number of fused-ring (bicyclic) bond motifs is 1. The Hall–Kier alpha value is -4.11. The number of imidazole rings is 1. The van der Waals surface area contributed by atoms with Gasteiger partial charge in [0, 0.05) is 11.4 Å². The molecule has 0 saturated heterocycles. The van der Waals surface area contributed by atoms with Crippen LogP contribution in [0.15, 0.2) is 54.6 Å². The van der Waals surface area contributed by atoms with Gasteiger partial charge in [0.05, 0.1) is 35.0 Å². The number of nitrogens with zero attached hydrogens (tertiary/aromatic N) is 3. The van der Waals surface area contributed by atoms with E-state index >= 15 is 0 Å². The van der Waals surface area contributed by atoms with Crippen LogP contribution in [0.1, 0.15) is 33.1 Å². The van der Waals surface area contributed by atoms with E-state index in [1.807, 2.05) is 67.0 Å². The Morgan fingerprint density at radius 1 is 1.17 bits per heavy atom. The van der Waals surface area contributed by atoms with Gasteiger partial charge in [-0.2, -0.15) is 5.26 Å². The van der Waals surface area contributed by atoms with Gasteiger partial charge in [0.15, 0.2) is 0 Å². The number of benzene rings is 2. The van der Waals surface area contributed by atoms with Gasteiger partial charge < -0.3 is 14.3 Å². The Bertz CT molecular complexity index is 1300. The molecule has 0 aliphatic heterocycles. The molecule has 2 aromatic carbocycles. The third-order valence-electron chi connectivity index (χ3n) is 5.09. The number of allylic oxidation sites excluding steroid dienone is 1. The zero-order valence-electron chi connectivity index (χ0n) is 16.9. The zero-order chi connectivity index (χ0) is 21.3. The van der Waals surface area contributed by atoms with Crippen LogP contribution < -0.4 is 0 Å². The van der Waals surface area contributed by atoms with Crippen molar-refractivity contribution >= 4 is 28.7 Å². The number of para-hydroxylation sites is 3. The zero-order valence-corrected chi connectivity index (χ0v) is 16.9. The van der Waals surface area contributed by atoms with Crippen molar-refractivity contribution in [1.82, 2.24) is 14.5 Å². The predicted molar refractivity (Wildman–Crippen MR) is 116 cm³/mol. The number of aromatic amines is 1. The number of ether oxygens (including phenoxy) is 1. The lowest BCUT2D eigenvalue weighted by Gasteiger charge is -2.13. The lowest BCUT2D eigenvalue weighted by Crippen LogP contribution is -2.09. The van der Waals surface area contributed by atoms with E-state index in [4.69, 9.17) is 4.74 Å². The van der Waals surface area contributed by atoms with Crippen LogP contribution in [0.3, 0.4) is 0 Å². The highest BCUT2D eigenvalue weighted by Gasteiger charge is 2.17. The fraction of sp³-hybridized carbons (Fsp3) is 0.125. The van der Waals surface area contributed by atoms with Crippen molar-refractivity contribution in [3.05, 3.63) is 82.9 Å². The number of methoxy groups -OCH3 is 1. The number of carbonyl (C=O) groups excluding carboxylic acids is 1. The molecule has 0 aliphatic rings. The number of aryl methyl sites for hydroxylation is 1. The second-order valence-electron chi connectivity index (χ2n) is 6.94. The Morgan fingerprint density at radius 2 is 1.90 bits per heavy atom. The summed E-state index contributed by atoms with van der Waals surface area (Å²) in [5.74, 6) is 0.133. The topological polar surface area (TPSA) is 83.7 Å². The number of hydrogen-bond acceptors (Lipinski definition) is 4. The number of nitriles is 1. The number of hydrogen-bond donors (Lipinski definition) is 1. The monoisotopic (exact) mass is 396 g/mol. The Labute approximate surface area is 174 Å². The minimum atomic E-state index is -0.393. The highest BCUT2D eigenvalue weighted by molar-refractivity contribution is 5.94. The van der Waals surface area contributed by atoms with Gasteiger partial charge >= 0.3 is 5.97 Å². The van der Waals surface area contributed by atoms with Crippen LogP contribution in [0.4, 0.5) is 0 Å². The SMILES string of the molecule is COC(=O)c1ccccc1-n1c(C)cc(/C=C(\C#N)c2nc3ccccc3[nH]2)c1C. The minimum Gasteiger partial charge on any atom is -0.465 e. The molecule has 4 rings (SSSR count). The summed E-state index contributed by atoms with van der Waals surface area (Å²) in [4.78, 5) is 20.0. The Balaban J connectivity index is 1.82. The van der Waals surface area contributed by atoms with Crippen molar-refractivity contribution in [3.8, 4) is 11.8 Å². The number of rotatable bonds is 4. The lowest BCUT2D eigenvalue weighted by atomic mass is 10.1. The van der Waals surface area contributed by atoms with E-state index in [1.165, 1.54) is 7.11 Å². The van der Waals surface area contributed by atoms with E-state index in [0.717, 1.165) is 33.7 Å². The molecule has 0 atom stereocenters. The molecular weight excluding hydrogens is 376 g/mol. The van der Waals surface area contributed by atoms with Gasteiger partial charge in [-0.3, -0.25) is 0 Å². The fourth-order valence-electron chi connectivity index (χ4n) is 3.65. The summed E-state index contributed by atoms with van der Waals surface area (Å²) in [5, 5.41) is 9.75. The Morgan fingerprint density at radius 3 is 2.63 bits per heavy atom. The van der Waals surface area contributed by atoms with Gasteiger partial charge in [-0.05, 0) is 55.8 Å². The summed E-state index contributed by atoms with van der Waals surface area (Å²) < 4.78 is 6.93. The molecule has 0 unspecified atom stereocenters. The van der Waals surface area contributed by atoms with E-state index in [0.29, 0.717) is 17.0 Å². The van der Waals surface area contributed by atoms with Gasteiger partial charge in [-0.1, -0.05) is 24.3 Å². The molecule has 0 fully saturated rings. The van der Waals surface area contributed by atoms with Crippen LogP contribution in [0.5, 0.6) is 0 Å². The maximum Gasteiger partial charge on any atom is 0.339 e. The first-order chi connectivity index (χ1) is 14.5. The molecule has 2 heterocycles. The molecule has 0 bridgehead atoms. The summed E-state index contributed by atoms with van der Waals surface area (Å²) in [6, 6.07) is 19.2. The lowest BCUT2D eigenvalue weighted by molar-refractivity contribution is 0.0600. The molecule has 0 spiro atoms. The highest BCUT2D eigenvalue weighted by Crippen LogP contribution is 2.27. The molecule has 30 heavy (non-hydrogen) atoms. The van der Waals surface area contributed by atoms with Gasteiger partial charge in [-0.15, -0.1) is 0 Å². The van der Waals surface area contributed by atoms with E-state index in [9.17, 15) is 10.1 Å². The smallest absolute Gasteiger partial charge is 0.339 e. The number of aromatic nitrogens is 3. The minimum absolute atomic E-state index is 0.393. The predicted octanol–water partition coefficient (Wildman–Crippen LogP) is 4.82. The van der Waals surface area contributed by atoms with Crippen LogP contribution in [-0.4, -0.2) is 27.6 Å². The maximum atomic E-state index is 12.2. The Kier molecular flexibility index (Phi) is 4.95. The molecular formula is C24H20N4O2. The summed E-state index contributed by atoms with van der Waals surface area (Å²) >= 11 is 0. The van der Waals surface area contributed by atoms with E-state index in [2.05, 4.69) is 16.0 Å². The largest absolute Gasteiger partial charge is 0.465 e. The fourth-order valence-corrected chi connectivity index (χ4v) is 3.65. The molecule has 0 saturated carbocycles. The van der Waals surface area contributed by atoms with Crippen molar-refractivity contribution in [2.75, 3.05) is 7.11 Å². The molecule has 0 amide bonds. The summed E-state index contributed by atoms with van der Waals surface area (Å²) in [6.45, 7) is 3.92. The second-order valence-corrected chi connectivity index (χ2v) is 6.94. The van der Waals surface area contributed by atoms with Crippen molar-refractivity contribution in [1.29, 1.82) is 5.26 Å². The summed E-state index contributed by atoms with van der Waals surface area (Å²) in [7, 11) is 1.37. The third-order valence-corrected chi connectivity index (χ3v) is 5.09. The maximum absolute atomic E-state index is 12.2. The average Bonchev–Trinajstić information content (AvgIpc) is 3.31. The van der Waals surface area contributed by atoms with Crippen LogP contribution in [0.2, 0.25) is 0 Å². The normalized spacial score (nSPS) is 11.5. The van der Waals surface area contributed by atoms with Gasteiger partial charge in [0.1, 0.15) is 11.9 Å². The van der Waals surface area contributed by atoms with Crippen LogP contribution in [0.25, 0.3) is 28.4 Å². The summed E-state index contributed by atoms with van der Waals surface area (Å²) in [5.41, 5.74) is 6.08. The summed E-state index contributed by atoms with van der Waals surface area (Å²) in [6.07, 6.45) is 1.82. The molecule has 0 aliphatic carbocycles. The van der Waals surface area contributed by atoms with Gasteiger partial charge in [-0.25, -0.2) is 9.78 Å². The number of nitrogens with one attached hydrogen (secondary N) is 1. The number of carbonyl (C=O) groups is 1. The number of H-pyrrole nitrogens is 1. The van der Waals surface area contributed by atoms with Crippen LogP contribution in [0, 0.1) is 25.2 Å². The standard InChI is InChI=1S/C24H20N4O2/c1-15-12-17(13-18(14-25)23-26-20-9-5-6-10-21(20)27-23)16(2)28(15)22-11-7-4-8-19(22)24(29)30-3/h4-13H,1-3H3,(H,26,27)/b18-13+. The molecule has 148 valence electrons. The second kappa shape index (κ2) is 7.72. The average molecular weight is 396 g/mol. The first-order valence-corrected chi connectivity index (χ1v) is 9.47. The molecule has 2 aromatic heterocycles. The van der Waals surface area contributed by atoms with Gasteiger partial charge in [0.2, 0.25) is 0 Å².